The number of anilines is 4. The monoisotopic (exact) mass is 513 g/mol. The number of likely N-dealkylation sites (N-methyl/N-ethyl adjacent to an activating group) is 1. The highest BCUT2D eigenvalue weighted by Gasteiger charge is 2.28. The maximum Gasteiger partial charge on any atom is 0.263 e. The molecular weight excluding hydrogens is 478 g/mol. The number of hydrogen-bond acceptors (Lipinski definition) is 9. The average Bonchev–Trinajstić information content (AvgIpc) is 3.04. The lowest BCUT2D eigenvalue weighted by Crippen LogP contribution is -2.35. The van der Waals surface area contributed by atoms with E-state index in [1.54, 1.807) is 17.3 Å². The van der Waals surface area contributed by atoms with Crippen molar-refractivity contribution in [3.8, 4) is 0 Å². The molecule has 3 heterocycles. The van der Waals surface area contributed by atoms with Crippen molar-refractivity contribution in [2.24, 2.45) is 11.6 Å². The summed E-state index contributed by atoms with van der Waals surface area (Å²) >= 11 is 0. The van der Waals surface area contributed by atoms with Crippen LogP contribution in [0.2, 0.25) is 0 Å². The third-order valence-corrected chi connectivity index (χ3v) is 6.96. The highest BCUT2D eigenvalue weighted by molar-refractivity contribution is 6.09. The Morgan fingerprint density at radius 1 is 1.13 bits per heavy atom. The van der Waals surface area contributed by atoms with Crippen LogP contribution in [0.3, 0.4) is 0 Å². The smallest absolute Gasteiger partial charge is 0.263 e. The first-order valence-corrected chi connectivity index (χ1v) is 13.0. The summed E-state index contributed by atoms with van der Waals surface area (Å²) in [5.41, 5.74) is 11.8. The third-order valence-electron chi connectivity index (χ3n) is 6.96. The average molecular weight is 514 g/mol. The molecule has 0 unspecified atom stereocenters. The molecule has 0 fully saturated rings. The number of carbonyl (C=O) groups is 1. The van der Waals surface area contributed by atoms with Crippen LogP contribution >= 0.6 is 0 Å². The molecule has 10 nitrogen and oxygen atoms in total. The van der Waals surface area contributed by atoms with Crippen LogP contribution in [0.4, 0.5) is 23.1 Å². The molecule has 38 heavy (non-hydrogen) atoms. The quantitative estimate of drug-likeness (QED) is 0.323. The molecule has 0 bridgehead atoms. The molecular formula is C28H35N9O. The summed E-state index contributed by atoms with van der Waals surface area (Å²) < 4.78 is 0. The van der Waals surface area contributed by atoms with E-state index < -0.39 is 0 Å². The van der Waals surface area contributed by atoms with Crippen molar-refractivity contribution in [3.05, 3.63) is 83.3 Å². The van der Waals surface area contributed by atoms with Gasteiger partial charge in [0.1, 0.15) is 11.4 Å². The van der Waals surface area contributed by atoms with Gasteiger partial charge in [0.2, 0.25) is 5.95 Å². The van der Waals surface area contributed by atoms with Gasteiger partial charge < -0.3 is 20.9 Å². The van der Waals surface area contributed by atoms with Gasteiger partial charge in [-0.3, -0.25) is 14.7 Å². The molecule has 2 aromatic carbocycles. The van der Waals surface area contributed by atoms with Gasteiger partial charge in [-0.15, -0.1) is 0 Å². The van der Waals surface area contributed by atoms with Crippen LogP contribution in [0.15, 0.2) is 66.6 Å². The number of rotatable bonds is 7. The SMILES string of the molecule is CCNc1ncc2c(n1)N(C)CCN(c1cccc(N(N)/C=C(\N)CN3CCc4ccccc4C3)c1)C2=O. The third kappa shape index (κ3) is 5.41. The maximum atomic E-state index is 13.5. The number of nitrogens with zero attached hydrogens (tertiary/aromatic N) is 6. The predicted octanol–water partition coefficient (Wildman–Crippen LogP) is 2.54. The fraction of sp³-hybridized carbons (Fsp3) is 0.321. The van der Waals surface area contributed by atoms with Crippen molar-refractivity contribution >= 4 is 29.0 Å². The van der Waals surface area contributed by atoms with E-state index in [9.17, 15) is 4.79 Å². The molecule has 0 saturated carbocycles. The number of amides is 1. The number of hydrogen-bond donors (Lipinski definition) is 3. The predicted molar refractivity (Wildman–Crippen MR) is 152 cm³/mol. The minimum Gasteiger partial charge on any atom is -0.400 e. The number of nitrogens with one attached hydrogen (secondary N) is 1. The van der Waals surface area contributed by atoms with Crippen LogP contribution < -0.4 is 31.7 Å². The number of benzene rings is 2. The molecule has 3 aromatic rings. The van der Waals surface area contributed by atoms with Gasteiger partial charge in [-0.2, -0.15) is 4.98 Å². The van der Waals surface area contributed by atoms with Crippen molar-refractivity contribution in [2.75, 3.05) is 59.9 Å². The number of aromatic nitrogens is 2. The Morgan fingerprint density at radius 3 is 2.76 bits per heavy atom. The van der Waals surface area contributed by atoms with E-state index in [0.717, 1.165) is 30.9 Å². The number of nitrogens with two attached hydrogens (primary N) is 2. The van der Waals surface area contributed by atoms with Gasteiger partial charge in [-0.25, -0.2) is 10.8 Å². The summed E-state index contributed by atoms with van der Waals surface area (Å²) in [5.74, 6) is 7.39. The van der Waals surface area contributed by atoms with Crippen LogP contribution in [0.25, 0.3) is 0 Å². The molecule has 0 saturated heterocycles. The molecule has 0 spiro atoms. The van der Waals surface area contributed by atoms with E-state index in [0.29, 0.717) is 49.2 Å². The molecule has 2 aliphatic heterocycles. The van der Waals surface area contributed by atoms with Gasteiger partial charge in [-0.1, -0.05) is 30.3 Å². The largest absolute Gasteiger partial charge is 0.400 e. The topological polar surface area (TPSA) is 120 Å². The normalized spacial score (nSPS) is 16.1. The van der Waals surface area contributed by atoms with Gasteiger partial charge in [0, 0.05) is 70.1 Å². The Morgan fingerprint density at radius 2 is 1.95 bits per heavy atom. The lowest BCUT2D eigenvalue weighted by atomic mass is 10.00. The lowest BCUT2D eigenvalue weighted by Gasteiger charge is -2.29. The van der Waals surface area contributed by atoms with Gasteiger partial charge in [0.25, 0.3) is 5.91 Å². The highest BCUT2D eigenvalue weighted by atomic mass is 16.2. The summed E-state index contributed by atoms with van der Waals surface area (Å²) in [4.78, 5) is 28.5. The molecule has 5 rings (SSSR count). The summed E-state index contributed by atoms with van der Waals surface area (Å²) in [7, 11) is 1.94. The molecule has 5 N–H and O–H groups in total. The first-order valence-electron chi connectivity index (χ1n) is 13.0. The zero-order chi connectivity index (χ0) is 26.6. The Kier molecular flexibility index (Phi) is 7.43. The molecule has 2 aliphatic rings. The zero-order valence-corrected chi connectivity index (χ0v) is 22.0. The van der Waals surface area contributed by atoms with E-state index in [4.69, 9.17) is 11.6 Å². The molecule has 0 atom stereocenters. The Bertz CT molecular complexity index is 1340. The minimum absolute atomic E-state index is 0.145. The molecule has 10 heteroatoms. The van der Waals surface area contributed by atoms with E-state index in [1.807, 2.05) is 43.1 Å². The second-order valence-corrected chi connectivity index (χ2v) is 9.70. The Hall–Kier alpha value is -4.15. The Balaban J connectivity index is 1.31. The summed E-state index contributed by atoms with van der Waals surface area (Å²) in [6, 6.07) is 16.1. The standard InChI is InChI=1S/C28H35N9O/c1-3-31-28-32-16-25-26(33-28)34(2)13-14-36(27(25)38)23-9-6-10-24(15-23)37(30)19-22(29)18-35-12-11-20-7-4-5-8-21(20)17-35/h4-10,15-16,19H,3,11-14,17-18,29-30H2,1-2H3,(H,31,32,33)/b22-19-. The first kappa shape index (κ1) is 25.5. The molecule has 0 aliphatic carbocycles. The number of hydrazine groups is 1. The van der Waals surface area contributed by atoms with E-state index in [2.05, 4.69) is 44.5 Å². The van der Waals surface area contributed by atoms with Gasteiger partial charge in [0.15, 0.2) is 0 Å². The van der Waals surface area contributed by atoms with Gasteiger partial charge >= 0.3 is 0 Å². The lowest BCUT2D eigenvalue weighted by molar-refractivity contribution is 0.0989. The fourth-order valence-electron chi connectivity index (χ4n) is 4.97. The zero-order valence-electron chi connectivity index (χ0n) is 22.0. The summed E-state index contributed by atoms with van der Waals surface area (Å²) in [5, 5.41) is 4.63. The van der Waals surface area contributed by atoms with Crippen molar-refractivity contribution in [1.29, 1.82) is 0 Å². The molecule has 1 amide bonds. The highest BCUT2D eigenvalue weighted by Crippen LogP contribution is 2.28. The van der Waals surface area contributed by atoms with Crippen molar-refractivity contribution in [3.63, 3.8) is 0 Å². The minimum atomic E-state index is -0.145. The molecule has 1 aromatic heterocycles. The van der Waals surface area contributed by atoms with Crippen LogP contribution in [0.5, 0.6) is 0 Å². The summed E-state index contributed by atoms with van der Waals surface area (Å²) in [6.45, 7) is 6.28. The van der Waals surface area contributed by atoms with Crippen molar-refractivity contribution < 1.29 is 4.79 Å². The van der Waals surface area contributed by atoms with E-state index >= 15 is 0 Å². The maximum absolute atomic E-state index is 13.5. The van der Waals surface area contributed by atoms with E-state index in [1.165, 1.54) is 16.1 Å². The number of fused-ring (bicyclic) bond motifs is 2. The van der Waals surface area contributed by atoms with Crippen LogP contribution in [0, 0.1) is 0 Å². The Labute approximate surface area is 223 Å². The first-order chi connectivity index (χ1) is 18.4. The summed E-state index contributed by atoms with van der Waals surface area (Å²) in [6.07, 6.45) is 4.36. The van der Waals surface area contributed by atoms with Crippen molar-refractivity contribution in [1.82, 2.24) is 14.9 Å². The van der Waals surface area contributed by atoms with Crippen LogP contribution in [-0.4, -0.2) is 60.5 Å². The van der Waals surface area contributed by atoms with Crippen LogP contribution in [-0.2, 0) is 13.0 Å². The van der Waals surface area contributed by atoms with E-state index in [-0.39, 0.29) is 5.91 Å². The van der Waals surface area contributed by atoms with Crippen molar-refractivity contribution in [2.45, 2.75) is 19.9 Å². The molecule has 0 radical (unpaired) electrons. The van der Waals surface area contributed by atoms with Crippen LogP contribution in [0.1, 0.15) is 28.4 Å². The fourth-order valence-corrected chi connectivity index (χ4v) is 4.97. The second-order valence-electron chi connectivity index (χ2n) is 9.70. The van der Waals surface area contributed by atoms with Gasteiger partial charge in [0.05, 0.1) is 5.69 Å². The number of carbonyl (C=O) groups excluding carboxylic acids is 1. The second kappa shape index (κ2) is 11.1. The molecule has 198 valence electrons. The van der Waals surface area contributed by atoms with Gasteiger partial charge in [-0.05, 0) is 42.7 Å².